The number of nitrogens with zero attached hydrogens (tertiary/aromatic N) is 5. The number of hydrogen-bond acceptors (Lipinski definition) is 12. The summed E-state index contributed by atoms with van der Waals surface area (Å²) in [5, 5.41) is 0.354. The lowest BCUT2D eigenvalue weighted by Crippen LogP contribution is -2.38. The van der Waals surface area contributed by atoms with E-state index in [0.717, 1.165) is 6.26 Å². The van der Waals surface area contributed by atoms with E-state index < -0.39 is 27.6 Å². The van der Waals surface area contributed by atoms with E-state index in [0.29, 0.717) is 92.5 Å². The summed E-state index contributed by atoms with van der Waals surface area (Å²) in [4.78, 5) is 29.7. The number of benzene rings is 2. The van der Waals surface area contributed by atoms with Gasteiger partial charge in [0, 0.05) is 61.5 Å². The van der Waals surface area contributed by atoms with E-state index in [1.807, 2.05) is 4.90 Å². The maximum atomic E-state index is 15.3. The molecule has 0 radical (unpaired) electrons. The normalized spacial score (nSPS) is 16.1. The second-order valence-corrected chi connectivity index (χ2v) is 13.6. The molecule has 0 atom stereocenters. The van der Waals surface area contributed by atoms with Crippen molar-refractivity contribution in [2.75, 3.05) is 69.5 Å². The van der Waals surface area contributed by atoms with Crippen LogP contribution in [0, 0.1) is 11.6 Å². The smallest absolute Gasteiger partial charge is 0.337 e. The number of fused-ring (bicyclic) bond motifs is 1. The van der Waals surface area contributed by atoms with Gasteiger partial charge in [-0.3, -0.25) is 9.62 Å². The van der Waals surface area contributed by atoms with Crippen molar-refractivity contribution >= 4 is 38.5 Å². The van der Waals surface area contributed by atoms with Crippen LogP contribution in [0.15, 0.2) is 42.6 Å². The average Bonchev–Trinajstić information content (AvgIpc) is 3.09. The van der Waals surface area contributed by atoms with Crippen LogP contribution >= 0.6 is 0 Å². The van der Waals surface area contributed by atoms with Crippen molar-refractivity contribution < 1.29 is 40.9 Å². The monoisotopic (exact) mass is 698 g/mol. The molecule has 2 aliphatic heterocycles. The Labute approximate surface area is 282 Å². The highest BCUT2D eigenvalue weighted by Gasteiger charge is 2.26. The number of rotatable bonds is 10. The Morgan fingerprint density at radius 2 is 1.80 bits per heavy atom. The molecule has 260 valence electrons. The van der Waals surface area contributed by atoms with E-state index in [9.17, 15) is 17.6 Å². The lowest BCUT2D eigenvalue weighted by atomic mass is 10.0. The summed E-state index contributed by atoms with van der Waals surface area (Å²) in [6.07, 6.45) is 3.41. The molecule has 0 saturated carbocycles. The molecule has 0 aliphatic carbocycles. The summed E-state index contributed by atoms with van der Waals surface area (Å²) in [5.41, 5.74) is 1.84. The van der Waals surface area contributed by atoms with E-state index in [-0.39, 0.29) is 29.0 Å². The molecule has 1 N–H and O–H groups in total. The van der Waals surface area contributed by atoms with Crippen LogP contribution in [0.25, 0.3) is 22.2 Å². The van der Waals surface area contributed by atoms with Gasteiger partial charge in [-0.15, -0.1) is 0 Å². The van der Waals surface area contributed by atoms with Gasteiger partial charge in [0.15, 0.2) is 0 Å². The highest BCUT2D eigenvalue weighted by Crippen LogP contribution is 2.37. The molecule has 49 heavy (non-hydrogen) atoms. The van der Waals surface area contributed by atoms with Gasteiger partial charge in [0.2, 0.25) is 21.9 Å². The predicted molar refractivity (Wildman–Crippen MR) is 177 cm³/mol. The Morgan fingerprint density at radius 1 is 1.04 bits per heavy atom. The molecule has 2 aliphatic rings. The number of carbonyl (C=O) groups excluding carboxylic acids is 1. The Balaban J connectivity index is 1.29. The zero-order valence-corrected chi connectivity index (χ0v) is 28.1. The Bertz CT molecular complexity index is 1970. The minimum Gasteiger partial charge on any atom is -0.488 e. The van der Waals surface area contributed by atoms with Crippen LogP contribution in [-0.4, -0.2) is 100 Å². The van der Waals surface area contributed by atoms with Gasteiger partial charge >= 0.3 is 5.97 Å². The van der Waals surface area contributed by atoms with Crippen LogP contribution in [0.1, 0.15) is 28.8 Å². The number of likely N-dealkylation sites (tertiary alicyclic amines) is 1. The third-order valence-electron chi connectivity index (χ3n) is 8.32. The summed E-state index contributed by atoms with van der Waals surface area (Å²) in [6.45, 7) is 3.59. The predicted octanol–water partition coefficient (Wildman–Crippen LogP) is 4.02. The number of aromatic nitrogens is 3. The summed E-state index contributed by atoms with van der Waals surface area (Å²) < 4.78 is 78.6. The Kier molecular flexibility index (Phi) is 10.1. The zero-order valence-electron chi connectivity index (χ0n) is 27.2. The quantitative estimate of drug-likeness (QED) is 0.239. The number of methoxy groups -OCH3 is 2. The van der Waals surface area contributed by atoms with E-state index in [1.54, 1.807) is 12.1 Å². The molecule has 2 saturated heterocycles. The van der Waals surface area contributed by atoms with Gasteiger partial charge in [-0.2, -0.15) is 0 Å². The third-order valence-corrected chi connectivity index (χ3v) is 8.91. The van der Waals surface area contributed by atoms with Gasteiger partial charge in [0.1, 0.15) is 34.7 Å². The fourth-order valence-electron chi connectivity index (χ4n) is 5.91. The molecular formula is C33H36F2N6O7S. The van der Waals surface area contributed by atoms with E-state index in [4.69, 9.17) is 24.2 Å². The first-order valence-corrected chi connectivity index (χ1v) is 17.5. The third kappa shape index (κ3) is 7.98. The first-order chi connectivity index (χ1) is 23.5. The molecule has 2 fully saturated rings. The van der Waals surface area contributed by atoms with Crippen molar-refractivity contribution in [3.05, 3.63) is 65.4 Å². The molecule has 0 spiro atoms. The first-order valence-electron chi connectivity index (χ1n) is 15.6. The number of sulfonamides is 1. The fourth-order valence-corrected chi connectivity index (χ4v) is 6.46. The van der Waals surface area contributed by atoms with Gasteiger partial charge in [-0.05, 0) is 37.1 Å². The average molecular weight is 699 g/mol. The maximum Gasteiger partial charge on any atom is 0.337 e. The minimum atomic E-state index is -3.68. The van der Waals surface area contributed by atoms with Crippen molar-refractivity contribution in [2.24, 2.45) is 0 Å². The first kappa shape index (κ1) is 34.2. The van der Waals surface area contributed by atoms with Crippen LogP contribution in [-0.2, 0) is 26.0 Å². The summed E-state index contributed by atoms with van der Waals surface area (Å²) >= 11 is 0. The lowest BCUT2D eigenvalue weighted by molar-refractivity contribution is 0.0600. The van der Waals surface area contributed by atoms with Gasteiger partial charge in [0.05, 0.1) is 44.9 Å². The molecular weight excluding hydrogens is 662 g/mol. The molecule has 13 nitrogen and oxygen atoms in total. The summed E-state index contributed by atoms with van der Waals surface area (Å²) in [7, 11) is -1.06. The summed E-state index contributed by atoms with van der Waals surface area (Å²) in [5.74, 6) is -0.964. The molecule has 2 aromatic heterocycles. The van der Waals surface area contributed by atoms with Crippen LogP contribution in [0.2, 0.25) is 0 Å². The van der Waals surface area contributed by atoms with Gasteiger partial charge in [-0.25, -0.2) is 36.9 Å². The van der Waals surface area contributed by atoms with Crippen molar-refractivity contribution in [3.8, 4) is 22.9 Å². The molecule has 0 bridgehead atoms. The SMILES string of the molecule is COC(=O)c1ccc(CN2CCC(Oc3cc(F)cc4c(-c5cnc(OC)c(NS(C)(=O)=O)c5)nc(N5CCOCC5)nc34)CC2)c(F)c1. The van der Waals surface area contributed by atoms with Crippen molar-refractivity contribution in [3.63, 3.8) is 0 Å². The number of nitrogens with one attached hydrogen (secondary N) is 1. The van der Waals surface area contributed by atoms with Crippen molar-refractivity contribution in [1.29, 1.82) is 0 Å². The van der Waals surface area contributed by atoms with Crippen LogP contribution in [0.5, 0.6) is 11.6 Å². The van der Waals surface area contributed by atoms with Crippen molar-refractivity contribution in [1.82, 2.24) is 19.9 Å². The number of anilines is 2. The maximum absolute atomic E-state index is 15.3. The van der Waals surface area contributed by atoms with Gasteiger partial charge < -0.3 is 23.8 Å². The Morgan fingerprint density at radius 3 is 2.47 bits per heavy atom. The number of ether oxygens (including phenoxy) is 4. The van der Waals surface area contributed by atoms with Crippen molar-refractivity contribution in [2.45, 2.75) is 25.5 Å². The van der Waals surface area contributed by atoms with Crippen LogP contribution in [0.4, 0.5) is 20.4 Å². The number of halogens is 2. The summed E-state index contributed by atoms with van der Waals surface area (Å²) in [6, 6.07) is 8.46. The highest BCUT2D eigenvalue weighted by molar-refractivity contribution is 7.92. The molecule has 4 aromatic rings. The molecule has 2 aromatic carbocycles. The number of esters is 1. The zero-order chi connectivity index (χ0) is 34.7. The number of hydrogen-bond donors (Lipinski definition) is 1. The lowest BCUT2D eigenvalue weighted by Gasteiger charge is -2.32. The molecule has 0 amide bonds. The minimum absolute atomic E-state index is 0.0587. The molecule has 16 heteroatoms. The number of carbonyl (C=O) groups is 1. The van der Waals surface area contributed by atoms with E-state index >= 15 is 4.39 Å². The molecule has 4 heterocycles. The number of morpholine rings is 1. The second-order valence-electron chi connectivity index (χ2n) is 11.8. The van der Waals surface area contributed by atoms with E-state index in [2.05, 4.69) is 19.3 Å². The molecule has 6 rings (SSSR count). The van der Waals surface area contributed by atoms with E-state index in [1.165, 1.54) is 44.7 Å². The highest BCUT2D eigenvalue weighted by atomic mass is 32.2. The standard InChI is InChI=1S/C33H36F2N6O7S/c1-45-31-27(39-49(3,43)44)15-22(18-36-31)29-25-16-23(34)17-28(30(25)38-33(37-29)41-10-12-47-13-11-41)48-24-6-8-40(9-7-24)19-21-5-4-20(14-26(21)35)32(42)46-2/h4-5,14-18,24,39H,6-13,19H2,1-3H3. The van der Waals surface area contributed by atoms with Gasteiger partial charge in [-0.1, -0.05) is 6.07 Å². The van der Waals surface area contributed by atoms with Gasteiger partial charge in [0.25, 0.3) is 0 Å². The topological polar surface area (TPSA) is 145 Å². The fraction of sp³-hybridized carbons (Fsp3) is 0.394. The Hall–Kier alpha value is -4.67. The van der Waals surface area contributed by atoms with Crippen LogP contribution in [0.3, 0.4) is 0 Å². The number of pyridine rings is 1. The largest absolute Gasteiger partial charge is 0.488 e. The number of piperidine rings is 1. The molecule has 0 unspecified atom stereocenters. The van der Waals surface area contributed by atoms with Crippen LogP contribution < -0.4 is 19.1 Å². The second kappa shape index (κ2) is 14.4.